The predicted octanol–water partition coefficient (Wildman–Crippen LogP) is 5.45. The van der Waals surface area contributed by atoms with Crippen LogP contribution < -0.4 is 10.5 Å². The fourth-order valence-electron chi connectivity index (χ4n) is 2.22. The average Bonchev–Trinajstić information content (AvgIpc) is 2.70. The Bertz CT molecular complexity index is 1040. The number of nitrogens with zero attached hydrogens (tertiary/aromatic N) is 3. The predicted molar refractivity (Wildman–Crippen MR) is 105 cm³/mol. The Morgan fingerprint density at radius 1 is 1.00 bits per heavy atom. The molecule has 0 saturated carbocycles. The molecule has 2 aromatic carbocycles. The number of alkyl halides is 3. The zero-order valence-corrected chi connectivity index (χ0v) is 15.5. The van der Waals surface area contributed by atoms with Crippen LogP contribution in [0.2, 0.25) is 5.02 Å². The quantitative estimate of drug-likeness (QED) is 0.559. The van der Waals surface area contributed by atoms with E-state index in [4.69, 9.17) is 22.1 Å². The number of ether oxygens (including phenoxy) is 1. The van der Waals surface area contributed by atoms with Gasteiger partial charge in [0, 0.05) is 18.0 Å². The molecule has 0 bridgehead atoms. The van der Waals surface area contributed by atoms with Crippen LogP contribution in [0, 0.1) is 0 Å². The van der Waals surface area contributed by atoms with Crippen molar-refractivity contribution >= 4 is 23.0 Å². The van der Waals surface area contributed by atoms with E-state index in [9.17, 15) is 13.2 Å². The monoisotopic (exact) mass is 418 g/mol. The van der Waals surface area contributed by atoms with E-state index in [0.29, 0.717) is 22.0 Å². The summed E-state index contributed by atoms with van der Waals surface area (Å²) in [4.78, 5) is 12.1. The maximum absolute atomic E-state index is 12.9. The second kappa shape index (κ2) is 8.74. The highest BCUT2D eigenvalue weighted by atomic mass is 35.5. The maximum atomic E-state index is 12.9. The number of rotatable bonds is 5. The van der Waals surface area contributed by atoms with E-state index in [2.05, 4.69) is 15.0 Å². The molecule has 1 heterocycles. The van der Waals surface area contributed by atoms with Crippen LogP contribution in [0.15, 0.2) is 83.8 Å². The molecule has 2 N–H and O–H groups in total. The first-order valence-corrected chi connectivity index (χ1v) is 8.63. The number of allylic oxidation sites excluding steroid dienone is 2. The summed E-state index contributed by atoms with van der Waals surface area (Å²) in [6, 6.07) is 14.6. The molecule has 0 amide bonds. The van der Waals surface area contributed by atoms with Crippen LogP contribution in [0.1, 0.15) is 5.56 Å². The van der Waals surface area contributed by atoms with Crippen molar-refractivity contribution in [3.63, 3.8) is 0 Å². The van der Waals surface area contributed by atoms with Crippen molar-refractivity contribution in [2.45, 2.75) is 6.18 Å². The van der Waals surface area contributed by atoms with Gasteiger partial charge in [0.2, 0.25) is 0 Å². The SMILES string of the molecule is NC(=CC(=Nc1ccccc1Cl)c1ccc(Oc2ncccn2)cc1)C(F)(F)F. The van der Waals surface area contributed by atoms with Gasteiger partial charge in [-0.1, -0.05) is 23.7 Å². The number of aliphatic imine (C=N–C) groups is 1. The van der Waals surface area contributed by atoms with Gasteiger partial charge in [0.05, 0.1) is 16.4 Å². The van der Waals surface area contributed by atoms with Gasteiger partial charge in [0.15, 0.2) is 0 Å². The molecule has 29 heavy (non-hydrogen) atoms. The van der Waals surface area contributed by atoms with Crippen LogP contribution in [-0.4, -0.2) is 21.9 Å². The Balaban J connectivity index is 1.97. The first kappa shape index (κ1) is 20.3. The average molecular weight is 419 g/mol. The smallest absolute Gasteiger partial charge is 0.424 e. The fraction of sp³-hybridized carbons (Fsp3) is 0.0500. The molecule has 0 saturated heterocycles. The lowest BCUT2D eigenvalue weighted by Gasteiger charge is -2.10. The summed E-state index contributed by atoms with van der Waals surface area (Å²) in [7, 11) is 0. The van der Waals surface area contributed by atoms with Gasteiger partial charge in [0.25, 0.3) is 0 Å². The molecule has 1 aromatic heterocycles. The van der Waals surface area contributed by atoms with E-state index in [-0.39, 0.29) is 11.7 Å². The third kappa shape index (κ3) is 5.55. The lowest BCUT2D eigenvalue weighted by atomic mass is 10.1. The third-order valence-electron chi connectivity index (χ3n) is 3.61. The van der Waals surface area contributed by atoms with Gasteiger partial charge in [-0.25, -0.2) is 15.0 Å². The molecule has 3 aromatic rings. The normalized spacial score (nSPS) is 12.7. The zero-order chi connectivity index (χ0) is 20.9. The lowest BCUT2D eigenvalue weighted by molar-refractivity contribution is -0.0925. The Kier molecular flexibility index (Phi) is 6.13. The van der Waals surface area contributed by atoms with Crippen molar-refractivity contribution in [3.8, 4) is 11.8 Å². The van der Waals surface area contributed by atoms with Gasteiger partial charge >= 0.3 is 12.2 Å². The largest absolute Gasteiger partial charge is 0.430 e. The molecular formula is C20H14ClF3N4O. The molecule has 148 valence electrons. The van der Waals surface area contributed by atoms with E-state index in [0.717, 1.165) is 6.08 Å². The van der Waals surface area contributed by atoms with Crippen LogP contribution in [0.25, 0.3) is 0 Å². The Morgan fingerprint density at radius 2 is 1.66 bits per heavy atom. The molecule has 0 spiro atoms. The van der Waals surface area contributed by atoms with E-state index in [1.165, 1.54) is 12.4 Å². The minimum atomic E-state index is -4.69. The number of nitrogens with two attached hydrogens (primary N) is 1. The van der Waals surface area contributed by atoms with Crippen LogP contribution in [0.4, 0.5) is 18.9 Å². The Hall–Kier alpha value is -3.39. The van der Waals surface area contributed by atoms with Crippen molar-refractivity contribution in [2.24, 2.45) is 10.7 Å². The highest BCUT2D eigenvalue weighted by molar-refractivity contribution is 6.33. The van der Waals surface area contributed by atoms with Crippen LogP contribution >= 0.6 is 11.6 Å². The molecule has 0 radical (unpaired) electrons. The first-order chi connectivity index (χ1) is 13.8. The van der Waals surface area contributed by atoms with E-state index >= 15 is 0 Å². The lowest BCUT2D eigenvalue weighted by Crippen LogP contribution is -2.20. The number of benzene rings is 2. The Labute approximate surface area is 169 Å². The molecule has 0 atom stereocenters. The number of aromatic nitrogens is 2. The first-order valence-electron chi connectivity index (χ1n) is 8.26. The van der Waals surface area contributed by atoms with E-state index in [1.807, 2.05) is 0 Å². The summed E-state index contributed by atoms with van der Waals surface area (Å²) in [6.07, 6.45) is -0.875. The van der Waals surface area contributed by atoms with Gasteiger partial charge in [-0.15, -0.1) is 0 Å². The molecule has 3 rings (SSSR count). The Morgan fingerprint density at radius 3 is 2.28 bits per heavy atom. The summed E-state index contributed by atoms with van der Waals surface area (Å²) >= 11 is 6.08. The van der Waals surface area contributed by atoms with Crippen molar-refractivity contribution in [2.75, 3.05) is 0 Å². The summed E-state index contributed by atoms with van der Waals surface area (Å²) in [5, 5.41) is 0.296. The van der Waals surface area contributed by atoms with Crippen LogP contribution in [-0.2, 0) is 0 Å². The highest BCUT2D eigenvalue weighted by Crippen LogP contribution is 2.27. The highest BCUT2D eigenvalue weighted by Gasteiger charge is 2.31. The molecule has 0 aliphatic carbocycles. The molecule has 9 heteroatoms. The number of para-hydroxylation sites is 1. The van der Waals surface area contributed by atoms with Crippen molar-refractivity contribution in [3.05, 3.63) is 89.4 Å². The second-order valence-corrected chi connectivity index (χ2v) is 6.11. The van der Waals surface area contributed by atoms with Gasteiger partial charge in [-0.3, -0.25) is 0 Å². The van der Waals surface area contributed by atoms with Gasteiger partial charge in [0.1, 0.15) is 11.4 Å². The standard InChI is InChI=1S/C20H14ClF3N4O/c21-15-4-1-2-5-16(15)28-17(12-18(25)20(22,23)24)13-6-8-14(9-7-13)29-19-26-10-3-11-27-19/h1-12H,25H2. The molecule has 0 fully saturated rings. The van der Waals surface area contributed by atoms with Gasteiger partial charge in [-0.05, 0) is 48.5 Å². The van der Waals surface area contributed by atoms with Crippen molar-refractivity contribution in [1.82, 2.24) is 9.97 Å². The second-order valence-electron chi connectivity index (χ2n) is 5.70. The zero-order valence-electron chi connectivity index (χ0n) is 14.8. The van der Waals surface area contributed by atoms with Crippen LogP contribution in [0.3, 0.4) is 0 Å². The molecule has 5 nitrogen and oxygen atoms in total. The van der Waals surface area contributed by atoms with Crippen molar-refractivity contribution < 1.29 is 17.9 Å². The minimum absolute atomic E-state index is 0.00423. The summed E-state index contributed by atoms with van der Waals surface area (Å²) in [5.41, 5.74) is 4.61. The fourth-order valence-corrected chi connectivity index (χ4v) is 2.40. The maximum Gasteiger partial charge on any atom is 0.430 e. The number of halogens is 4. The third-order valence-corrected chi connectivity index (χ3v) is 3.93. The summed E-state index contributed by atoms with van der Waals surface area (Å²) in [6.45, 7) is 0. The van der Waals surface area contributed by atoms with E-state index in [1.54, 1.807) is 54.6 Å². The summed E-state index contributed by atoms with van der Waals surface area (Å²) in [5.74, 6) is 0.407. The van der Waals surface area contributed by atoms with E-state index < -0.39 is 11.9 Å². The van der Waals surface area contributed by atoms with Gasteiger partial charge < -0.3 is 10.5 Å². The molecule has 0 unspecified atom stereocenters. The van der Waals surface area contributed by atoms with Gasteiger partial charge in [-0.2, -0.15) is 13.2 Å². The number of hydrogen-bond acceptors (Lipinski definition) is 5. The van der Waals surface area contributed by atoms with Crippen molar-refractivity contribution in [1.29, 1.82) is 0 Å². The minimum Gasteiger partial charge on any atom is -0.424 e. The molecule has 0 aliphatic heterocycles. The molecular weight excluding hydrogens is 405 g/mol. The topological polar surface area (TPSA) is 73.4 Å². The molecule has 0 aliphatic rings. The number of hydrogen-bond donors (Lipinski definition) is 1. The van der Waals surface area contributed by atoms with Crippen LogP contribution in [0.5, 0.6) is 11.8 Å². The summed E-state index contributed by atoms with van der Waals surface area (Å²) < 4.78 is 44.3.